The monoisotopic (exact) mass is 402 g/mol. The smallest absolute Gasteiger partial charge is 0.870 e. The molecule has 1 N–H and O–H groups in total. The minimum atomic E-state index is -2.24. The summed E-state index contributed by atoms with van der Waals surface area (Å²) in [6, 6.07) is 0. The van der Waals surface area contributed by atoms with Crippen molar-refractivity contribution >= 4 is 53.7 Å². The number of halogens is 2. The van der Waals surface area contributed by atoms with Crippen LogP contribution in [-0.2, 0) is 0 Å². The molecule has 0 radical (unpaired) electrons. The van der Waals surface area contributed by atoms with Crippen LogP contribution in [-0.4, -0.2) is 41.4 Å². The van der Waals surface area contributed by atoms with Gasteiger partial charge in [-0.15, -0.1) is 0 Å². The average Bonchev–Trinajstić information content (AvgIpc) is 1.19. The zero-order valence-corrected chi connectivity index (χ0v) is 14.4. The molecule has 0 atom stereocenters. The van der Waals surface area contributed by atoms with Crippen LogP contribution in [0.4, 0.5) is 0 Å². The van der Waals surface area contributed by atoms with E-state index in [1.54, 1.807) is 0 Å². The predicted octanol–water partition coefficient (Wildman–Crippen LogP) is 3.36. The van der Waals surface area contributed by atoms with Crippen molar-refractivity contribution in [1.82, 2.24) is 0 Å². The largest absolute Gasteiger partial charge is 0.870 e. The first-order valence-electron chi connectivity index (χ1n) is 2.88. The Labute approximate surface area is 82.8 Å². The van der Waals surface area contributed by atoms with Crippen molar-refractivity contribution in [3.63, 3.8) is 0 Å². The van der Waals surface area contributed by atoms with Gasteiger partial charge in [0.05, 0.1) is 0 Å². The number of hydrogen-bond acceptors (Lipinski definition) is 1. The molecule has 10 heavy (non-hydrogen) atoms. The Bertz CT molecular complexity index is 54.4. The van der Waals surface area contributed by atoms with Gasteiger partial charge in [-0.3, -0.25) is 0 Å². The molecule has 1 nitrogen and oxygen atoms in total. The van der Waals surface area contributed by atoms with E-state index in [1.807, 2.05) is 9.88 Å². The summed E-state index contributed by atoms with van der Waals surface area (Å²) >= 11 is -2.78. The molecule has 0 aromatic heterocycles. The molecule has 0 bridgehead atoms. The molecule has 0 aromatic rings. The van der Waals surface area contributed by atoms with E-state index in [0.29, 0.717) is 0 Å². The summed E-state index contributed by atoms with van der Waals surface area (Å²) < 4.78 is 0. The summed E-state index contributed by atoms with van der Waals surface area (Å²) in [5.41, 5.74) is 0. The van der Waals surface area contributed by atoms with Gasteiger partial charge in [-0.05, 0) is 0 Å². The maximum atomic E-state index is 5.51. The van der Waals surface area contributed by atoms with E-state index in [1.165, 1.54) is 0 Å². The Balaban J connectivity index is -0.0000000910. The fourth-order valence-corrected chi connectivity index (χ4v) is 0. The van der Waals surface area contributed by atoms with Crippen LogP contribution in [0.2, 0.25) is 24.7 Å². The Kier molecular flexibility index (Phi) is 16.6. The Morgan fingerprint density at radius 1 is 1.00 bits per heavy atom. The molecule has 0 heterocycles. The van der Waals surface area contributed by atoms with Crippen molar-refractivity contribution < 1.29 is 5.48 Å². The standard InChI is InChI=1S/5CH3.2ClH.H2O.2Sn/h5*1H3;2*1H;1H2;;/q;;;;;;;;+1;+2/p-3. The first-order valence-corrected chi connectivity index (χ1v) is 24.4. The first kappa shape index (κ1) is 18.0. The predicted molar refractivity (Wildman–Crippen MR) is 54.5 cm³/mol. The summed E-state index contributed by atoms with van der Waals surface area (Å²) in [5.74, 6) is 0. The van der Waals surface area contributed by atoms with Gasteiger partial charge in [0.1, 0.15) is 0 Å². The van der Waals surface area contributed by atoms with Crippen LogP contribution in [0, 0.1) is 0 Å². The zero-order valence-electron chi connectivity index (χ0n) is 7.20. The Morgan fingerprint density at radius 3 is 1.00 bits per heavy atom. The third-order valence-corrected chi connectivity index (χ3v) is 0. The van der Waals surface area contributed by atoms with E-state index in [2.05, 4.69) is 14.8 Å². The summed E-state index contributed by atoms with van der Waals surface area (Å²) in [6.45, 7) is 0. The summed E-state index contributed by atoms with van der Waals surface area (Å²) in [4.78, 5) is 10.9. The van der Waals surface area contributed by atoms with E-state index < -0.39 is 35.9 Å². The molecule has 0 saturated carbocycles. The molecule has 0 aliphatic rings. The minimum absolute atomic E-state index is 0. The van der Waals surface area contributed by atoms with Crippen LogP contribution < -0.4 is 0 Å². The quantitative estimate of drug-likeness (QED) is 0.574. The molecule has 0 spiro atoms. The fourth-order valence-electron chi connectivity index (χ4n) is 0. The minimum Gasteiger partial charge on any atom is -0.870 e. The SMILES string of the molecule is [CH3][Sn+]([CH3])[CH3].[CH3][Sn]([CH3])([Cl])[Cl].[OH-]. The molecular formula is C5H16Cl2OSn2. The van der Waals surface area contributed by atoms with E-state index in [0.717, 1.165) is 0 Å². The number of rotatable bonds is 0. The molecule has 0 unspecified atom stereocenters. The zero-order chi connectivity index (χ0) is 8.08. The van der Waals surface area contributed by atoms with Crippen molar-refractivity contribution in [3.05, 3.63) is 0 Å². The van der Waals surface area contributed by atoms with Crippen molar-refractivity contribution in [2.75, 3.05) is 0 Å². The molecule has 0 aliphatic heterocycles. The molecular weight excluding hydrogens is 384 g/mol. The maximum absolute atomic E-state index is 5.51. The third-order valence-electron chi connectivity index (χ3n) is 0. The van der Waals surface area contributed by atoms with Gasteiger partial charge in [0.25, 0.3) is 0 Å². The van der Waals surface area contributed by atoms with Gasteiger partial charge in [0, 0.05) is 0 Å². The van der Waals surface area contributed by atoms with Crippen LogP contribution in [0.15, 0.2) is 0 Å². The van der Waals surface area contributed by atoms with Crippen LogP contribution in [0.3, 0.4) is 0 Å². The third kappa shape index (κ3) is 185. The molecule has 0 aromatic carbocycles. The van der Waals surface area contributed by atoms with Crippen LogP contribution in [0.25, 0.3) is 0 Å². The van der Waals surface area contributed by atoms with Gasteiger partial charge >= 0.3 is 78.4 Å². The molecule has 64 valence electrons. The molecule has 5 heteroatoms. The molecule has 0 rings (SSSR count). The summed E-state index contributed by atoms with van der Waals surface area (Å²) in [7, 11) is 11.0. The van der Waals surface area contributed by atoms with Crippen molar-refractivity contribution in [3.8, 4) is 0 Å². The Hall–Kier alpha value is 2.14. The normalized spacial score (nSPS) is 8.70. The van der Waals surface area contributed by atoms with E-state index in [-0.39, 0.29) is 5.48 Å². The van der Waals surface area contributed by atoms with E-state index >= 15 is 0 Å². The second kappa shape index (κ2) is 9.23. The van der Waals surface area contributed by atoms with E-state index in [4.69, 9.17) is 17.8 Å². The fraction of sp³-hybridized carbons (Fsp3) is 1.00. The van der Waals surface area contributed by atoms with Crippen molar-refractivity contribution in [1.29, 1.82) is 0 Å². The second-order valence-electron chi connectivity index (χ2n) is 2.83. The molecule has 0 fully saturated rings. The van der Waals surface area contributed by atoms with Gasteiger partial charge in [0.15, 0.2) is 0 Å². The van der Waals surface area contributed by atoms with Gasteiger partial charge in [-0.25, -0.2) is 0 Å². The van der Waals surface area contributed by atoms with Gasteiger partial charge < -0.3 is 5.48 Å². The van der Waals surface area contributed by atoms with E-state index in [9.17, 15) is 0 Å². The number of hydrogen-bond donors (Lipinski definition) is 0. The summed E-state index contributed by atoms with van der Waals surface area (Å²) in [6.07, 6.45) is 0. The molecule has 0 amide bonds. The molecule has 0 saturated heterocycles. The van der Waals surface area contributed by atoms with Crippen LogP contribution >= 0.6 is 17.8 Å². The van der Waals surface area contributed by atoms with Gasteiger partial charge in [0.2, 0.25) is 0 Å². The van der Waals surface area contributed by atoms with Crippen LogP contribution in [0.5, 0.6) is 0 Å². The Morgan fingerprint density at radius 2 is 1.00 bits per heavy atom. The second-order valence-corrected chi connectivity index (χ2v) is 32.9. The topological polar surface area (TPSA) is 30.0 Å². The molecule has 0 aliphatic carbocycles. The van der Waals surface area contributed by atoms with Gasteiger partial charge in [-0.1, -0.05) is 0 Å². The first-order chi connectivity index (χ1) is 3.73. The average molecular weight is 401 g/mol. The van der Waals surface area contributed by atoms with Crippen molar-refractivity contribution in [2.45, 2.75) is 24.7 Å². The maximum Gasteiger partial charge on any atom is -0.870 e. The van der Waals surface area contributed by atoms with Crippen molar-refractivity contribution in [2.24, 2.45) is 0 Å². The van der Waals surface area contributed by atoms with Gasteiger partial charge in [-0.2, -0.15) is 0 Å². The summed E-state index contributed by atoms with van der Waals surface area (Å²) in [5, 5.41) is 0. The van der Waals surface area contributed by atoms with Crippen LogP contribution in [0.1, 0.15) is 0 Å².